The molecule has 0 spiro atoms. The molecule has 3 nitrogen and oxygen atoms in total. The molecule has 0 aliphatic rings. The van der Waals surface area contributed by atoms with Gasteiger partial charge in [0.05, 0.1) is 13.7 Å². The molecule has 0 atom stereocenters. The van der Waals surface area contributed by atoms with E-state index in [1.165, 1.54) is 7.11 Å². The van der Waals surface area contributed by atoms with Crippen molar-refractivity contribution in [2.45, 2.75) is 19.3 Å². The summed E-state index contributed by atoms with van der Waals surface area (Å²) in [5, 5.41) is 0. The molecule has 0 aliphatic heterocycles. The fraction of sp³-hybridized carbons (Fsp3) is 0.455. The Labute approximate surface area is 97.3 Å². The zero-order valence-electron chi connectivity index (χ0n) is 9.38. The highest BCUT2D eigenvalue weighted by molar-refractivity contribution is 5.36. The lowest BCUT2D eigenvalue weighted by molar-refractivity contribution is -0.176. The van der Waals surface area contributed by atoms with Crippen molar-refractivity contribution in [3.05, 3.63) is 29.3 Å². The van der Waals surface area contributed by atoms with Crippen molar-refractivity contribution in [1.82, 2.24) is 0 Å². The Morgan fingerprint density at radius 1 is 1.29 bits per heavy atom. The van der Waals surface area contributed by atoms with Crippen LogP contribution in [0, 0.1) is 0 Å². The van der Waals surface area contributed by atoms with Gasteiger partial charge in [-0.05, 0) is 17.7 Å². The lowest BCUT2D eigenvalue weighted by Gasteiger charge is -2.10. The molecular weight excluding hydrogens is 235 g/mol. The van der Waals surface area contributed by atoms with E-state index in [0.717, 1.165) is 5.56 Å². The van der Waals surface area contributed by atoms with Crippen molar-refractivity contribution in [3.8, 4) is 5.75 Å². The summed E-state index contributed by atoms with van der Waals surface area (Å²) in [5.41, 5.74) is 6.86. The van der Waals surface area contributed by atoms with Crippen LogP contribution in [0.15, 0.2) is 18.2 Å². The van der Waals surface area contributed by atoms with Crippen LogP contribution in [0.5, 0.6) is 5.75 Å². The first-order chi connectivity index (χ1) is 7.96. The van der Waals surface area contributed by atoms with Crippen LogP contribution in [0.25, 0.3) is 0 Å². The average Bonchev–Trinajstić information content (AvgIpc) is 2.27. The summed E-state index contributed by atoms with van der Waals surface area (Å²) in [6, 6.07) is 4.98. The second-order valence-corrected chi connectivity index (χ2v) is 3.46. The van der Waals surface area contributed by atoms with Crippen molar-refractivity contribution in [2.75, 3.05) is 13.7 Å². The average molecular weight is 249 g/mol. The molecule has 0 heterocycles. The maximum atomic E-state index is 11.9. The summed E-state index contributed by atoms with van der Waals surface area (Å²) in [4.78, 5) is 0. The predicted molar refractivity (Wildman–Crippen MR) is 56.6 cm³/mol. The second kappa shape index (κ2) is 5.88. The standard InChI is InChI=1S/C11H14F3NO2/c1-16-10-3-2-8(4-9(10)5-15)6-17-7-11(12,13)14/h2-4H,5-7,15H2,1H3. The van der Waals surface area contributed by atoms with E-state index in [2.05, 4.69) is 4.74 Å². The summed E-state index contributed by atoms with van der Waals surface area (Å²) in [6.45, 7) is -1.09. The molecule has 1 aromatic rings. The molecule has 0 aliphatic carbocycles. The fourth-order valence-electron chi connectivity index (χ4n) is 1.37. The van der Waals surface area contributed by atoms with Crippen LogP contribution in [0.2, 0.25) is 0 Å². The first-order valence-electron chi connectivity index (χ1n) is 4.96. The predicted octanol–water partition coefficient (Wildman–Crippen LogP) is 2.23. The normalized spacial score (nSPS) is 11.6. The molecule has 1 aromatic carbocycles. The molecule has 0 amide bonds. The highest BCUT2D eigenvalue weighted by Gasteiger charge is 2.27. The molecule has 0 bridgehead atoms. The molecule has 0 saturated carbocycles. The Bertz CT molecular complexity index is 366. The SMILES string of the molecule is COc1ccc(COCC(F)(F)F)cc1CN. The van der Waals surface area contributed by atoms with Crippen molar-refractivity contribution in [1.29, 1.82) is 0 Å². The van der Waals surface area contributed by atoms with Gasteiger partial charge in [0, 0.05) is 12.1 Å². The van der Waals surface area contributed by atoms with Crippen molar-refractivity contribution < 1.29 is 22.6 Å². The fourth-order valence-corrected chi connectivity index (χ4v) is 1.37. The summed E-state index contributed by atoms with van der Waals surface area (Å²) >= 11 is 0. The van der Waals surface area contributed by atoms with Crippen LogP contribution >= 0.6 is 0 Å². The van der Waals surface area contributed by atoms with Gasteiger partial charge in [0.15, 0.2) is 0 Å². The summed E-state index contributed by atoms with van der Waals surface area (Å²) in [6.07, 6.45) is -4.30. The number of nitrogens with two attached hydrogens (primary N) is 1. The van der Waals surface area contributed by atoms with Gasteiger partial charge in [0.25, 0.3) is 0 Å². The van der Waals surface area contributed by atoms with Crippen molar-refractivity contribution in [3.63, 3.8) is 0 Å². The van der Waals surface area contributed by atoms with Gasteiger partial charge in [-0.25, -0.2) is 0 Å². The van der Waals surface area contributed by atoms with E-state index in [4.69, 9.17) is 10.5 Å². The van der Waals surface area contributed by atoms with Gasteiger partial charge in [-0.1, -0.05) is 6.07 Å². The molecular formula is C11H14F3NO2. The van der Waals surface area contributed by atoms with E-state index in [0.29, 0.717) is 11.3 Å². The minimum absolute atomic E-state index is 0.101. The molecule has 0 unspecified atom stereocenters. The highest BCUT2D eigenvalue weighted by atomic mass is 19.4. The second-order valence-electron chi connectivity index (χ2n) is 3.46. The molecule has 6 heteroatoms. The monoisotopic (exact) mass is 249 g/mol. The van der Waals surface area contributed by atoms with E-state index in [1.807, 2.05) is 0 Å². The van der Waals surface area contributed by atoms with Gasteiger partial charge in [-0.3, -0.25) is 0 Å². The van der Waals surface area contributed by atoms with Gasteiger partial charge >= 0.3 is 6.18 Å². The summed E-state index contributed by atoms with van der Waals surface area (Å²) in [5.74, 6) is 0.618. The number of halogens is 3. The third kappa shape index (κ3) is 4.62. The van der Waals surface area contributed by atoms with Crippen LogP contribution in [0.3, 0.4) is 0 Å². The van der Waals surface area contributed by atoms with E-state index >= 15 is 0 Å². The summed E-state index contributed by atoms with van der Waals surface area (Å²) < 4.78 is 45.2. The van der Waals surface area contributed by atoms with Crippen LogP contribution in [0.4, 0.5) is 13.2 Å². The largest absolute Gasteiger partial charge is 0.496 e. The topological polar surface area (TPSA) is 44.5 Å². The van der Waals surface area contributed by atoms with Gasteiger partial charge in [-0.15, -0.1) is 0 Å². The van der Waals surface area contributed by atoms with E-state index in [1.54, 1.807) is 18.2 Å². The Hall–Kier alpha value is -1.27. The zero-order chi connectivity index (χ0) is 12.9. The van der Waals surface area contributed by atoms with E-state index < -0.39 is 12.8 Å². The van der Waals surface area contributed by atoms with Crippen LogP contribution < -0.4 is 10.5 Å². The number of ether oxygens (including phenoxy) is 2. The van der Waals surface area contributed by atoms with Crippen LogP contribution in [-0.2, 0) is 17.9 Å². The number of rotatable bonds is 5. The third-order valence-corrected chi connectivity index (χ3v) is 2.10. The lowest BCUT2D eigenvalue weighted by atomic mass is 10.1. The molecule has 0 aromatic heterocycles. The van der Waals surface area contributed by atoms with Gasteiger partial charge in [0.1, 0.15) is 12.4 Å². The Morgan fingerprint density at radius 2 is 2.00 bits per heavy atom. The molecule has 96 valence electrons. The molecule has 0 fully saturated rings. The lowest BCUT2D eigenvalue weighted by Crippen LogP contribution is -2.16. The first kappa shape index (κ1) is 13.8. The highest BCUT2D eigenvalue weighted by Crippen LogP contribution is 2.20. The Balaban J connectivity index is 2.60. The maximum Gasteiger partial charge on any atom is 0.411 e. The number of methoxy groups -OCH3 is 1. The number of alkyl halides is 3. The number of hydrogen-bond donors (Lipinski definition) is 1. The number of hydrogen-bond acceptors (Lipinski definition) is 3. The smallest absolute Gasteiger partial charge is 0.411 e. The molecule has 2 N–H and O–H groups in total. The van der Waals surface area contributed by atoms with Crippen LogP contribution in [0.1, 0.15) is 11.1 Å². The van der Waals surface area contributed by atoms with Crippen molar-refractivity contribution in [2.24, 2.45) is 5.73 Å². The molecule has 1 rings (SSSR count). The van der Waals surface area contributed by atoms with Gasteiger partial charge in [0.2, 0.25) is 0 Å². The zero-order valence-corrected chi connectivity index (χ0v) is 9.38. The van der Waals surface area contributed by atoms with Gasteiger partial charge in [-0.2, -0.15) is 13.2 Å². The summed E-state index contributed by atoms with van der Waals surface area (Å²) in [7, 11) is 1.51. The van der Waals surface area contributed by atoms with Crippen LogP contribution in [-0.4, -0.2) is 19.9 Å². The molecule has 0 saturated heterocycles. The maximum absolute atomic E-state index is 11.9. The Morgan fingerprint density at radius 3 is 2.53 bits per heavy atom. The third-order valence-electron chi connectivity index (χ3n) is 2.10. The molecule has 17 heavy (non-hydrogen) atoms. The number of benzene rings is 1. The van der Waals surface area contributed by atoms with Crippen molar-refractivity contribution >= 4 is 0 Å². The van der Waals surface area contributed by atoms with Gasteiger partial charge < -0.3 is 15.2 Å². The first-order valence-corrected chi connectivity index (χ1v) is 4.96. The molecule has 0 radical (unpaired) electrons. The minimum atomic E-state index is -4.30. The minimum Gasteiger partial charge on any atom is -0.496 e. The van der Waals surface area contributed by atoms with E-state index in [-0.39, 0.29) is 13.2 Å². The Kier molecular flexibility index (Phi) is 4.77. The quantitative estimate of drug-likeness (QED) is 0.870. The van der Waals surface area contributed by atoms with E-state index in [9.17, 15) is 13.2 Å².